The fraction of sp³-hybridized carbons (Fsp3) is 0.222. The molecular formula is C18H18FNO3. The molecule has 0 aliphatic carbocycles. The van der Waals surface area contributed by atoms with Crippen molar-refractivity contribution in [3.05, 3.63) is 71.0 Å². The van der Waals surface area contributed by atoms with Crippen LogP contribution in [0.5, 0.6) is 0 Å². The van der Waals surface area contributed by atoms with Crippen molar-refractivity contribution in [3.63, 3.8) is 0 Å². The van der Waals surface area contributed by atoms with Crippen molar-refractivity contribution < 1.29 is 18.7 Å². The predicted molar refractivity (Wildman–Crippen MR) is 84.6 cm³/mol. The maximum absolute atomic E-state index is 13.2. The predicted octanol–water partition coefficient (Wildman–Crippen LogP) is 2.65. The number of halogens is 1. The van der Waals surface area contributed by atoms with Crippen LogP contribution in [0.25, 0.3) is 0 Å². The van der Waals surface area contributed by atoms with E-state index in [1.165, 1.54) is 25.3 Å². The van der Waals surface area contributed by atoms with Gasteiger partial charge in [-0.1, -0.05) is 30.3 Å². The SMILES string of the molecule is COC(=O)[C@@H](Cc1ccccc1C)NC(=O)c1cccc(F)c1. The number of nitrogens with one attached hydrogen (secondary N) is 1. The first-order valence-corrected chi connectivity index (χ1v) is 7.20. The molecule has 2 rings (SSSR count). The van der Waals surface area contributed by atoms with Crippen LogP contribution in [0.4, 0.5) is 4.39 Å². The molecule has 0 aliphatic heterocycles. The summed E-state index contributed by atoms with van der Waals surface area (Å²) in [7, 11) is 1.27. The third kappa shape index (κ3) is 4.39. The molecule has 0 radical (unpaired) electrons. The van der Waals surface area contributed by atoms with Gasteiger partial charge in [-0.05, 0) is 36.2 Å². The minimum atomic E-state index is -0.836. The molecule has 0 saturated heterocycles. The summed E-state index contributed by atoms with van der Waals surface area (Å²) in [5.41, 5.74) is 2.10. The van der Waals surface area contributed by atoms with E-state index in [9.17, 15) is 14.0 Å². The lowest BCUT2D eigenvalue weighted by atomic mass is 10.0. The minimum absolute atomic E-state index is 0.156. The molecule has 0 aromatic heterocycles. The summed E-state index contributed by atoms with van der Waals surface area (Å²) in [4.78, 5) is 24.2. The molecule has 120 valence electrons. The molecule has 0 unspecified atom stereocenters. The molecule has 0 fully saturated rings. The summed E-state index contributed by atoms with van der Waals surface area (Å²) in [5.74, 6) is -1.57. The van der Waals surface area contributed by atoms with Crippen molar-refractivity contribution in [2.75, 3.05) is 7.11 Å². The van der Waals surface area contributed by atoms with Crippen LogP contribution in [0.3, 0.4) is 0 Å². The zero-order valence-corrected chi connectivity index (χ0v) is 13.0. The number of methoxy groups -OCH3 is 1. The number of esters is 1. The van der Waals surface area contributed by atoms with Gasteiger partial charge in [-0.2, -0.15) is 0 Å². The normalized spacial score (nSPS) is 11.6. The van der Waals surface area contributed by atoms with E-state index in [1.54, 1.807) is 0 Å². The summed E-state index contributed by atoms with van der Waals surface area (Å²) in [6.45, 7) is 1.93. The molecule has 2 aromatic rings. The molecule has 0 saturated carbocycles. The average Bonchev–Trinajstić information content (AvgIpc) is 2.55. The Morgan fingerprint density at radius 1 is 1.17 bits per heavy atom. The van der Waals surface area contributed by atoms with Gasteiger partial charge in [-0.25, -0.2) is 9.18 Å². The lowest BCUT2D eigenvalue weighted by molar-refractivity contribution is -0.142. The van der Waals surface area contributed by atoms with Crippen LogP contribution in [0.1, 0.15) is 21.5 Å². The molecule has 0 aliphatic rings. The molecule has 1 amide bonds. The van der Waals surface area contributed by atoms with Crippen LogP contribution in [0.2, 0.25) is 0 Å². The maximum Gasteiger partial charge on any atom is 0.328 e. The van der Waals surface area contributed by atoms with Crippen molar-refractivity contribution >= 4 is 11.9 Å². The van der Waals surface area contributed by atoms with E-state index in [4.69, 9.17) is 4.74 Å². The van der Waals surface area contributed by atoms with Gasteiger partial charge in [0.2, 0.25) is 0 Å². The number of benzene rings is 2. The number of carbonyl (C=O) groups excluding carboxylic acids is 2. The Morgan fingerprint density at radius 2 is 1.91 bits per heavy atom. The molecule has 23 heavy (non-hydrogen) atoms. The van der Waals surface area contributed by atoms with E-state index in [0.29, 0.717) is 6.42 Å². The van der Waals surface area contributed by atoms with Crippen LogP contribution in [-0.2, 0) is 16.0 Å². The number of ether oxygens (including phenoxy) is 1. The molecule has 1 atom stereocenters. The Morgan fingerprint density at radius 3 is 2.57 bits per heavy atom. The van der Waals surface area contributed by atoms with Crippen molar-refractivity contribution in [2.24, 2.45) is 0 Å². The Labute approximate surface area is 134 Å². The van der Waals surface area contributed by atoms with Gasteiger partial charge in [0, 0.05) is 12.0 Å². The summed E-state index contributed by atoms with van der Waals surface area (Å²) in [6, 6.07) is 12.1. The second kappa shape index (κ2) is 7.54. The van der Waals surface area contributed by atoms with E-state index < -0.39 is 23.7 Å². The number of hydrogen-bond donors (Lipinski definition) is 1. The van der Waals surface area contributed by atoms with Crippen LogP contribution >= 0.6 is 0 Å². The van der Waals surface area contributed by atoms with Gasteiger partial charge in [0.1, 0.15) is 11.9 Å². The number of carbonyl (C=O) groups is 2. The van der Waals surface area contributed by atoms with E-state index in [2.05, 4.69) is 5.32 Å². The Bertz CT molecular complexity index is 715. The van der Waals surface area contributed by atoms with Crippen LogP contribution in [0, 0.1) is 12.7 Å². The Hall–Kier alpha value is -2.69. The van der Waals surface area contributed by atoms with Crippen molar-refractivity contribution in [1.82, 2.24) is 5.32 Å². The highest BCUT2D eigenvalue weighted by molar-refractivity contribution is 5.96. The molecular weight excluding hydrogens is 297 g/mol. The Balaban J connectivity index is 2.17. The number of aryl methyl sites for hydroxylation is 1. The van der Waals surface area contributed by atoms with Gasteiger partial charge in [-0.3, -0.25) is 4.79 Å². The van der Waals surface area contributed by atoms with Crippen molar-refractivity contribution in [3.8, 4) is 0 Å². The molecule has 0 spiro atoms. The highest BCUT2D eigenvalue weighted by Gasteiger charge is 2.23. The zero-order chi connectivity index (χ0) is 16.8. The third-order valence-corrected chi connectivity index (χ3v) is 3.56. The van der Waals surface area contributed by atoms with Gasteiger partial charge in [-0.15, -0.1) is 0 Å². The lowest BCUT2D eigenvalue weighted by Crippen LogP contribution is -2.43. The van der Waals surface area contributed by atoms with Crippen LogP contribution in [0.15, 0.2) is 48.5 Å². The van der Waals surface area contributed by atoms with Crippen LogP contribution < -0.4 is 5.32 Å². The second-order valence-electron chi connectivity index (χ2n) is 5.19. The average molecular weight is 315 g/mol. The summed E-state index contributed by atoms with van der Waals surface area (Å²) >= 11 is 0. The highest BCUT2D eigenvalue weighted by atomic mass is 19.1. The fourth-order valence-corrected chi connectivity index (χ4v) is 2.27. The van der Waals surface area contributed by atoms with E-state index >= 15 is 0 Å². The van der Waals surface area contributed by atoms with E-state index in [0.717, 1.165) is 17.2 Å². The summed E-state index contributed by atoms with van der Waals surface area (Å²) in [5, 5.41) is 2.61. The molecule has 4 nitrogen and oxygen atoms in total. The zero-order valence-electron chi connectivity index (χ0n) is 13.0. The first kappa shape index (κ1) is 16.7. The molecule has 0 heterocycles. The Kier molecular flexibility index (Phi) is 5.46. The first-order chi connectivity index (χ1) is 11.0. The molecule has 0 bridgehead atoms. The minimum Gasteiger partial charge on any atom is -0.467 e. The third-order valence-electron chi connectivity index (χ3n) is 3.56. The fourth-order valence-electron chi connectivity index (χ4n) is 2.27. The molecule has 5 heteroatoms. The summed E-state index contributed by atoms with van der Waals surface area (Å²) in [6.07, 6.45) is 0.306. The quantitative estimate of drug-likeness (QED) is 0.863. The highest BCUT2D eigenvalue weighted by Crippen LogP contribution is 2.11. The smallest absolute Gasteiger partial charge is 0.328 e. The van der Waals surface area contributed by atoms with Gasteiger partial charge >= 0.3 is 5.97 Å². The van der Waals surface area contributed by atoms with E-state index in [1.807, 2.05) is 31.2 Å². The number of rotatable bonds is 5. The van der Waals surface area contributed by atoms with Gasteiger partial charge < -0.3 is 10.1 Å². The topological polar surface area (TPSA) is 55.4 Å². The second-order valence-corrected chi connectivity index (χ2v) is 5.19. The van der Waals surface area contributed by atoms with Crippen molar-refractivity contribution in [1.29, 1.82) is 0 Å². The van der Waals surface area contributed by atoms with Crippen LogP contribution in [-0.4, -0.2) is 25.0 Å². The largest absolute Gasteiger partial charge is 0.467 e. The lowest BCUT2D eigenvalue weighted by Gasteiger charge is -2.17. The molecule has 1 N–H and O–H groups in total. The van der Waals surface area contributed by atoms with Gasteiger partial charge in [0.25, 0.3) is 5.91 Å². The first-order valence-electron chi connectivity index (χ1n) is 7.20. The van der Waals surface area contributed by atoms with E-state index in [-0.39, 0.29) is 5.56 Å². The number of amides is 1. The monoisotopic (exact) mass is 315 g/mol. The number of hydrogen-bond acceptors (Lipinski definition) is 3. The van der Waals surface area contributed by atoms with Gasteiger partial charge in [0.15, 0.2) is 0 Å². The standard InChI is InChI=1S/C18H18FNO3/c1-12-6-3-4-7-13(12)11-16(18(22)23-2)20-17(21)14-8-5-9-15(19)10-14/h3-10,16H,11H2,1-2H3,(H,20,21)/t16-/m1/s1. The molecule has 2 aromatic carbocycles. The maximum atomic E-state index is 13.2. The van der Waals surface area contributed by atoms with Crippen molar-refractivity contribution in [2.45, 2.75) is 19.4 Å². The summed E-state index contributed by atoms with van der Waals surface area (Å²) < 4.78 is 18.0. The van der Waals surface area contributed by atoms with Gasteiger partial charge in [0.05, 0.1) is 7.11 Å².